The summed E-state index contributed by atoms with van der Waals surface area (Å²) in [5, 5.41) is 9.24. The molecule has 0 saturated carbocycles. The highest BCUT2D eigenvalue weighted by molar-refractivity contribution is 7.91. The number of anilines is 1. The van der Waals surface area contributed by atoms with Crippen LogP contribution in [0.15, 0.2) is 35.2 Å². The van der Waals surface area contributed by atoms with E-state index < -0.39 is 9.84 Å². The van der Waals surface area contributed by atoms with Gasteiger partial charge in [0.05, 0.1) is 17.3 Å². The van der Waals surface area contributed by atoms with Crippen LogP contribution in [0.25, 0.3) is 0 Å². The van der Waals surface area contributed by atoms with Gasteiger partial charge in [0, 0.05) is 24.4 Å². The van der Waals surface area contributed by atoms with E-state index in [1.807, 2.05) is 6.92 Å². The van der Waals surface area contributed by atoms with Crippen molar-refractivity contribution in [1.82, 2.24) is 10.2 Å². The fourth-order valence-electron chi connectivity index (χ4n) is 1.80. The molecule has 1 aromatic carbocycles. The van der Waals surface area contributed by atoms with Gasteiger partial charge in [-0.15, -0.1) is 0 Å². The van der Waals surface area contributed by atoms with Gasteiger partial charge in [0.25, 0.3) is 5.91 Å². The monoisotopic (exact) mass is 323 g/mol. The van der Waals surface area contributed by atoms with Crippen molar-refractivity contribution < 1.29 is 17.9 Å². The second-order valence-electron chi connectivity index (χ2n) is 4.73. The number of nitrogens with zero attached hydrogens (tertiary/aromatic N) is 1. The predicted molar refractivity (Wildman–Crippen MR) is 81.6 cm³/mol. The van der Waals surface area contributed by atoms with Gasteiger partial charge in [0.1, 0.15) is 0 Å². The lowest BCUT2D eigenvalue weighted by atomic mass is 10.2. The van der Waals surface area contributed by atoms with Crippen LogP contribution in [0.4, 0.5) is 5.82 Å². The third-order valence-electron chi connectivity index (χ3n) is 2.98. The molecule has 0 unspecified atom stereocenters. The number of carbonyl (C=O) groups is 1. The Labute approximate surface area is 128 Å². The van der Waals surface area contributed by atoms with Crippen molar-refractivity contribution in [1.29, 1.82) is 0 Å². The maximum absolute atomic E-state index is 12.0. The number of hydrogen-bond acceptors (Lipinski definition) is 5. The van der Waals surface area contributed by atoms with E-state index in [-0.39, 0.29) is 23.2 Å². The molecule has 0 atom stereocenters. The number of benzene rings is 1. The minimum atomic E-state index is -3.39. The zero-order valence-corrected chi connectivity index (χ0v) is 13.1. The second-order valence-corrected chi connectivity index (χ2v) is 6.84. The number of rotatable bonds is 6. The summed E-state index contributed by atoms with van der Waals surface area (Å²) < 4.78 is 28.7. The molecule has 2 rings (SSSR count). The molecular formula is C14H17N3O4S. The zero-order valence-electron chi connectivity index (χ0n) is 12.3. The van der Waals surface area contributed by atoms with E-state index in [2.05, 4.69) is 15.5 Å². The molecule has 2 N–H and O–H groups in total. The summed E-state index contributed by atoms with van der Waals surface area (Å²) in [6, 6.07) is 7.45. The van der Waals surface area contributed by atoms with Gasteiger partial charge in [0.2, 0.25) is 0 Å². The first-order chi connectivity index (χ1) is 10.4. The second kappa shape index (κ2) is 6.71. The molecule has 118 valence electrons. The number of ether oxygens (including phenoxy) is 1. The molecule has 2 aromatic rings. The molecule has 22 heavy (non-hydrogen) atoms. The highest BCUT2D eigenvalue weighted by atomic mass is 32.2. The molecule has 0 spiro atoms. The Morgan fingerprint density at radius 3 is 2.55 bits per heavy atom. The van der Waals surface area contributed by atoms with Crippen LogP contribution in [-0.4, -0.2) is 44.0 Å². The van der Waals surface area contributed by atoms with Gasteiger partial charge in [-0.1, -0.05) is 0 Å². The van der Waals surface area contributed by atoms with Crippen molar-refractivity contribution in [3.8, 4) is 0 Å². The third kappa shape index (κ3) is 3.92. The van der Waals surface area contributed by atoms with Gasteiger partial charge in [-0.2, -0.15) is 5.10 Å². The largest absolute Gasteiger partial charge is 0.384 e. The Bertz CT molecular complexity index is 751. The molecule has 7 nitrogen and oxygen atoms in total. The van der Waals surface area contributed by atoms with E-state index in [4.69, 9.17) is 4.74 Å². The first-order valence-corrected chi connectivity index (χ1v) is 8.23. The van der Waals surface area contributed by atoms with Crippen molar-refractivity contribution in [2.75, 3.05) is 24.8 Å². The van der Waals surface area contributed by atoms with Gasteiger partial charge in [-0.05, 0) is 31.2 Å². The summed E-state index contributed by atoms with van der Waals surface area (Å²) in [6.45, 7) is 1.95. The van der Waals surface area contributed by atoms with E-state index in [9.17, 15) is 13.2 Å². The van der Waals surface area contributed by atoms with Crippen LogP contribution >= 0.6 is 0 Å². The van der Waals surface area contributed by atoms with Crippen LogP contribution in [0.2, 0.25) is 0 Å². The first-order valence-electron chi connectivity index (χ1n) is 6.57. The molecule has 1 amide bonds. The lowest BCUT2D eigenvalue weighted by Gasteiger charge is -2.05. The predicted octanol–water partition coefficient (Wildman–Crippen LogP) is 1.39. The molecule has 0 fully saturated rings. The molecular weight excluding hydrogens is 306 g/mol. The lowest BCUT2D eigenvalue weighted by Crippen LogP contribution is -2.14. The Morgan fingerprint density at radius 1 is 1.32 bits per heavy atom. The maximum atomic E-state index is 12.0. The third-order valence-corrected chi connectivity index (χ3v) is 4.67. The lowest BCUT2D eigenvalue weighted by molar-refractivity contribution is 0.102. The zero-order chi connectivity index (χ0) is 16.2. The van der Waals surface area contributed by atoms with E-state index in [1.165, 1.54) is 31.4 Å². The fraction of sp³-hybridized carbons (Fsp3) is 0.286. The van der Waals surface area contributed by atoms with E-state index in [0.717, 1.165) is 5.69 Å². The Balaban J connectivity index is 2.09. The average Bonchev–Trinajstić information content (AvgIpc) is 2.90. The molecule has 0 saturated heterocycles. The van der Waals surface area contributed by atoms with Crippen molar-refractivity contribution in [2.45, 2.75) is 11.8 Å². The summed E-state index contributed by atoms with van der Waals surface area (Å²) in [5.41, 5.74) is 1.18. The molecule has 0 bridgehead atoms. The summed E-state index contributed by atoms with van der Waals surface area (Å²) in [6.07, 6.45) is 0. The number of aromatic nitrogens is 2. The minimum absolute atomic E-state index is 0.0956. The number of sulfone groups is 1. The van der Waals surface area contributed by atoms with E-state index >= 15 is 0 Å². The normalized spacial score (nSPS) is 11.4. The maximum Gasteiger partial charge on any atom is 0.256 e. The van der Waals surface area contributed by atoms with Gasteiger partial charge >= 0.3 is 0 Å². The first kappa shape index (κ1) is 16.2. The highest BCUT2D eigenvalue weighted by Gasteiger charge is 2.15. The highest BCUT2D eigenvalue weighted by Crippen LogP contribution is 2.14. The summed E-state index contributed by atoms with van der Waals surface area (Å²) in [7, 11) is -1.95. The minimum Gasteiger partial charge on any atom is -0.384 e. The number of amides is 1. The van der Waals surface area contributed by atoms with Gasteiger partial charge in [-0.3, -0.25) is 9.89 Å². The topological polar surface area (TPSA) is 101 Å². The average molecular weight is 323 g/mol. The van der Waals surface area contributed by atoms with Crippen molar-refractivity contribution in [2.24, 2.45) is 0 Å². The van der Waals surface area contributed by atoms with Crippen molar-refractivity contribution in [3.63, 3.8) is 0 Å². The smallest absolute Gasteiger partial charge is 0.256 e. The molecule has 0 radical (unpaired) electrons. The molecule has 0 aliphatic rings. The van der Waals surface area contributed by atoms with Crippen molar-refractivity contribution >= 4 is 21.6 Å². The molecule has 1 heterocycles. The Morgan fingerprint density at radius 2 is 2.00 bits per heavy atom. The number of carbonyl (C=O) groups excluding carboxylic acids is 1. The van der Waals surface area contributed by atoms with Gasteiger partial charge < -0.3 is 10.1 Å². The summed E-state index contributed by atoms with van der Waals surface area (Å²) in [5.74, 6) is -0.0339. The van der Waals surface area contributed by atoms with Crippen LogP contribution in [0.3, 0.4) is 0 Å². The SMILES string of the molecule is COCCS(=O)(=O)c1ccc(C(=O)Nc2cc(C)[nH]n2)cc1. The van der Waals surface area contributed by atoms with Gasteiger partial charge in [-0.25, -0.2) is 8.42 Å². The summed E-state index contributed by atoms with van der Waals surface area (Å²) >= 11 is 0. The molecule has 8 heteroatoms. The molecule has 1 aromatic heterocycles. The number of nitrogens with one attached hydrogen (secondary N) is 2. The van der Waals surface area contributed by atoms with Crippen LogP contribution in [-0.2, 0) is 14.6 Å². The number of H-pyrrole nitrogens is 1. The molecule has 0 aliphatic carbocycles. The number of aryl methyl sites for hydroxylation is 1. The quantitative estimate of drug-likeness (QED) is 0.836. The van der Waals surface area contributed by atoms with Crippen LogP contribution in [0.5, 0.6) is 0 Å². The van der Waals surface area contributed by atoms with Crippen LogP contribution < -0.4 is 5.32 Å². The Hall–Kier alpha value is -2.19. The number of methoxy groups -OCH3 is 1. The standard InChI is InChI=1S/C14H17N3O4S/c1-10-9-13(17-16-10)15-14(18)11-3-5-12(6-4-11)22(19,20)8-7-21-2/h3-6,9H,7-8H2,1-2H3,(H2,15,16,17,18). The molecule has 0 aliphatic heterocycles. The van der Waals surface area contributed by atoms with Crippen molar-refractivity contribution in [3.05, 3.63) is 41.6 Å². The van der Waals surface area contributed by atoms with E-state index in [0.29, 0.717) is 11.4 Å². The number of aromatic amines is 1. The van der Waals surface area contributed by atoms with E-state index in [1.54, 1.807) is 6.07 Å². The number of hydrogen-bond donors (Lipinski definition) is 2. The fourth-order valence-corrected chi connectivity index (χ4v) is 2.97. The van der Waals surface area contributed by atoms with Crippen LogP contribution in [0, 0.1) is 6.92 Å². The van der Waals surface area contributed by atoms with Crippen LogP contribution in [0.1, 0.15) is 16.1 Å². The van der Waals surface area contributed by atoms with Gasteiger partial charge in [0.15, 0.2) is 15.7 Å². The Kier molecular flexibility index (Phi) is 4.94. The summed E-state index contributed by atoms with van der Waals surface area (Å²) in [4.78, 5) is 12.2.